The Hall–Kier alpha value is -1.51. The third kappa shape index (κ3) is 2.97. The van der Waals surface area contributed by atoms with Crippen molar-refractivity contribution in [2.24, 2.45) is 0 Å². The van der Waals surface area contributed by atoms with Crippen LogP contribution in [0.3, 0.4) is 0 Å². The van der Waals surface area contributed by atoms with E-state index in [9.17, 15) is 12.8 Å². The van der Waals surface area contributed by atoms with E-state index in [1.54, 1.807) is 25.4 Å². The Kier molecular flexibility index (Phi) is 3.81. The molecule has 0 bridgehead atoms. The molecule has 0 saturated carbocycles. The van der Waals surface area contributed by atoms with E-state index < -0.39 is 21.4 Å². The van der Waals surface area contributed by atoms with E-state index >= 15 is 0 Å². The molecule has 0 radical (unpaired) electrons. The number of hydrogen-bond acceptors (Lipinski definition) is 5. The first-order chi connectivity index (χ1) is 9.22. The number of thiazole rings is 1. The molecule has 0 atom stereocenters. The lowest BCUT2D eigenvalue weighted by molar-refractivity contribution is 0.469. The van der Waals surface area contributed by atoms with E-state index in [0.717, 1.165) is 12.1 Å². The quantitative estimate of drug-likeness (QED) is 0.846. The molecule has 108 valence electrons. The summed E-state index contributed by atoms with van der Waals surface area (Å²) < 4.78 is 40.4. The van der Waals surface area contributed by atoms with Crippen molar-refractivity contribution in [3.05, 3.63) is 40.6 Å². The Balaban J connectivity index is 2.39. The van der Waals surface area contributed by atoms with Gasteiger partial charge in [0, 0.05) is 11.6 Å². The van der Waals surface area contributed by atoms with Gasteiger partial charge in [-0.15, -0.1) is 11.3 Å². The minimum atomic E-state index is -3.95. The molecule has 3 N–H and O–H groups in total. The molecule has 2 rings (SSSR count). The molecule has 5 nitrogen and oxygen atoms in total. The topological polar surface area (TPSA) is 85.1 Å². The Labute approximate surface area is 120 Å². The molecular formula is C12H14FN3O2S2. The summed E-state index contributed by atoms with van der Waals surface area (Å²) in [7, 11) is -3.95. The van der Waals surface area contributed by atoms with Crippen LogP contribution < -0.4 is 10.5 Å². The highest BCUT2D eigenvalue weighted by atomic mass is 32.2. The molecule has 0 amide bonds. The average Bonchev–Trinajstić information content (AvgIpc) is 2.85. The van der Waals surface area contributed by atoms with Crippen molar-refractivity contribution in [2.75, 3.05) is 5.73 Å². The zero-order valence-corrected chi connectivity index (χ0v) is 12.6. The maximum atomic E-state index is 13.2. The van der Waals surface area contributed by atoms with E-state index in [0.29, 0.717) is 5.01 Å². The largest absolute Gasteiger partial charge is 0.398 e. The number of benzene rings is 1. The van der Waals surface area contributed by atoms with E-state index in [1.165, 1.54) is 17.4 Å². The second-order valence-electron chi connectivity index (χ2n) is 4.75. The van der Waals surface area contributed by atoms with Crippen molar-refractivity contribution in [3.8, 4) is 0 Å². The van der Waals surface area contributed by atoms with Gasteiger partial charge in [-0.05, 0) is 32.0 Å². The first kappa shape index (κ1) is 14.9. The Morgan fingerprint density at radius 2 is 2.10 bits per heavy atom. The van der Waals surface area contributed by atoms with Crippen LogP contribution in [0.1, 0.15) is 18.9 Å². The molecule has 0 fully saturated rings. The number of rotatable bonds is 4. The third-order valence-corrected chi connectivity index (χ3v) is 5.43. The van der Waals surface area contributed by atoms with Gasteiger partial charge in [0.25, 0.3) is 0 Å². The van der Waals surface area contributed by atoms with Gasteiger partial charge in [-0.25, -0.2) is 17.8 Å². The fourth-order valence-electron chi connectivity index (χ4n) is 1.71. The van der Waals surface area contributed by atoms with Crippen LogP contribution >= 0.6 is 11.3 Å². The number of nitrogen functional groups attached to an aromatic ring is 1. The summed E-state index contributed by atoms with van der Waals surface area (Å²) in [5, 5.41) is 2.36. The summed E-state index contributed by atoms with van der Waals surface area (Å²) >= 11 is 1.33. The standard InChI is InChI=1S/C12H14FN3O2S2/c1-12(2,11-15-5-6-19-11)16-20(17,18)10-7-8(13)3-4-9(10)14/h3-7,16H,14H2,1-2H3. The summed E-state index contributed by atoms with van der Waals surface area (Å²) in [5.74, 6) is -0.661. The summed E-state index contributed by atoms with van der Waals surface area (Å²) in [4.78, 5) is 3.82. The van der Waals surface area contributed by atoms with Gasteiger partial charge in [0.2, 0.25) is 10.0 Å². The van der Waals surface area contributed by atoms with Crippen molar-refractivity contribution < 1.29 is 12.8 Å². The van der Waals surface area contributed by atoms with Crippen molar-refractivity contribution in [3.63, 3.8) is 0 Å². The number of halogens is 1. The van der Waals surface area contributed by atoms with Crippen LogP contribution in [-0.4, -0.2) is 13.4 Å². The predicted molar refractivity (Wildman–Crippen MR) is 76.3 cm³/mol. The van der Waals surface area contributed by atoms with Gasteiger partial charge < -0.3 is 5.73 Å². The van der Waals surface area contributed by atoms with Crippen molar-refractivity contribution in [2.45, 2.75) is 24.3 Å². The van der Waals surface area contributed by atoms with Crippen LogP contribution in [0.15, 0.2) is 34.7 Å². The van der Waals surface area contributed by atoms with Gasteiger partial charge in [-0.3, -0.25) is 0 Å². The molecule has 2 aromatic rings. The highest BCUT2D eigenvalue weighted by Gasteiger charge is 2.31. The summed E-state index contributed by atoms with van der Waals surface area (Å²) in [6.45, 7) is 3.36. The molecule has 1 aromatic heterocycles. The van der Waals surface area contributed by atoms with Crippen LogP contribution in [0.4, 0.5) is 10.1 Å². The fraction of sp³-hybridized carbons (Fsp3) is 0.250. The summed E-state index contributed by atoms with van der Waals surface area (Å²) in [6, 6.07) is 3.23. The minimum absolute atomic E-state index is 0.00570. The predicted octanol–water partition coefficient (Wildman–Crippen LogP) is 2.08. The van der Waals surface area contributed by atoms with Gasteiger partial charge in [-0.1, -0.05) is 0 Å². The Bertz CT molecular complexity index is 712. The van der Waals surface area contributed by atoms with Gasteiger partial charge in [0.05, 0.1) is 11.2 Å². The first-order valence-electron chi connectivity index (χ1n) is 5.71. The Morgan fingerprint density at radius 3 is 2.70 bits per heavy atom. The highest BCUT2D eigenvalue weighted by Crippen LogP contribution is 2.26. The normalized spacial score (nSPS) is 12.6. The van der Waals surface area contributed by atoms with Crippen LogP contribution in [0.25, 0.3) is 0 Å². The lowest BCUT2D eigenvalue weighted by atomic mass is 10.1. The van der Waals surface area contributed by atoms with Crippen LogP contribution in [0.5, 0.6) is 0 Å². The lowest BCUT2D eigenvalue weighted by Gasteiger charge is -2.24. The average molecular weight is 315 g/mol. The van der Waals surface area contributed by atoms with Crippen molar-refractivity contribution >= 4 is 27.0 Å². The molecule has 8 heteroatoms. The lowest BCUT2D eigenvalue weighted by Crippen LogP contribution is -2.41. The molecule has 0 saturated heterocycles. The van der Waals surface area contributed by atoms with Gasteiger partial charge in [0.1, 0.15) is 15.7 Å². The molecule has 0 aliphatic rings. The number of aromatic nitrogens is 1. The molecular weight excluding hydrogens is 301 g/mol. The number of hydrogen-bond donors (Lipinski definition) is 2. The zero-order valence-electron chi connectivity index (χ0n) is 10.9. The number of nitrogens with two attached hydrogens (primary N) is 1. The molecule has 1 aromatic carbocycles. The SMILES string of the molecule is CC(C)(NS(=O)(=O)c1cc(F)ccc1N)c1nccs1. The van der Waals surface area contributed by atoms with E-state index in [1.807, 2.05) is 0 Å². The molecule has 0 aliphatic carbocycles. The van der Waals surface area contributed by atoms with E-state index in [2.05, 4.69) is 9.71 Å². The number of anilines is 1. The zero-order chi connectivity index (χ0) is 15.0. The fourth-order valence-corrected chi connectivity index (χ4v) is 4.01. The van der Waals surface area contributed by atoms with Gasteiger partial charge in [-0.2, -0.15) is 4.72 Å². The molecule has 20 heavy (non-hydrogen) atoms. The number of sulfonamides is 1. The van der Waals surface area contributed by atoms with Crippen molar-refractivity contribution in [1.82, 2.24) is 9.71 Å². The first-order valence-corrected chi connectivity index (χ1v) is 8.08. The molecule has 0 unspecified atom stereocenters. The van der Waals surface area contributed by atoms with Crippen LogP contribution in [-0.2, 0) is 15.6 Å². The van der Waals surface area contributed by atoms with E-state index in [-0.39, 0.29) is 10.6 Å². The highest BCUT2D eigenvalue weighted by molar-refractivity contribution is 7.89. The maximum Gasteiger partial charge on any atom is 0.243 e. The Morgan fingerprint density at radius 1 is 1.40 bits per heavy atom. The second-order valence-corrected chi connectivity index (χ2v) is 7.30. The van der Waals surface area contributed by atoms with Gasteiger partial charge >= 0.3 is 0 Å². The van der Waals surface area contributed by atoms with E-state index in [4.69, 9.17) is 5.73 Å². The minimum Gasteiger partial charge on any atom is -0.398 e. The number of nitrogens with one attached hydrogen (secondary N) is 1. The number of nitrogens with zero attached hydrogens (tertiary/aromatic N) is 1. The second kappa shape index (κ2) is 5.12. The van der Waals surface area contributed by atoms with Crippen LogP contribution in [0.2, 0.25) is 0 Å². The molecule has 0 spiro atoms. The molecule has 0 aliphatic heterocycles. The third-order valence-electron chi connectivity index (χ3n) is 2.62. The molecule has 1 heterocycles. The maximum absolute atomic E-state index is 13.2. The van der Waals surface area contributed by atoms with Gasteiger partial charge in [0.15, 0.2) is 0 Å². The van der Waals surface area contributed by atoms with Crippen molar-refractivity contribution in [1.29, 1.82) is 0 Å². The summed E-state index contributed by atoms with van der Waals surface area (Å²) in [6.07, 6.45) is 1.59. The summed E-state index contributed by atoms with van der Waals surface area (Å²) in [5.41, 5.74) is 4.70. The van der Waals surface area contributed by atoms with Crippen LogP contribution in [0, 0.1) is 5.82 Å². The smallest absolute Gasteiger partial charge is 0.243 e. The monoisotopic (exact) mass is 315 g/mol.